The Bertz CT molecular complexity index is 1340. The largest absolute Gasteiger partial charge is 0.452 e. The van der Waals surface area contributed by atoms with E-state index in [4.69, 9.17) is 9.72 Å². The van der Waals surface area contributed by atoms with Crippen LogP contribution >= 0.6 is 0 Å². The van der Waals surface area contributed by atoms with Gasteiger partial charge in [0.1, 0.15) is 6.54 Å². The van der Waals surface area contributed by atoms with Crippen LogP contribution in [-0.2, 0) is 27.2 Å². The van der Waals surface area contributed by atoms with Gasteiger partial charge in [-0.05, 0) is 54.4 Å². The summed E-state index contributed by atoms with van der Waals surface area (Å²) in [7, 11) is 0. The lowest BCUT2D eigenvalue weighted by molar-refractivity contribution is -0.124. The van der Waals surface area contributed by atoms with Crippen molar-refractivity contribution in [3.05, 3.63) is 65.4 Å². The summed E-state index contributed by atoms with van der Waals surface area (Å²) in [5, 5.41) is 3.50. The molecular weight excluding hydrogens is 442 g/mol. The first-order valence-corrected chi connectivity index (χ1v) is 12.0. The molecule has 7 heteroatoms. The second-order valence-corrected chi connectivity index (χ2v) is 10.4. The van der Waals surface area contributed by atoms with Crippen LogP contribution in [0.15, 0.2) is 48.5 Å². The summed E-state index contributed by atoms with van der Waals surface area (Å²) in [6.07, 6.45) is 2.57. The number of hydrogen-bond acceptors (Lipinski definition) is 5. The Hall–Kier alpha value is -3.74. The van der Waals surface area contributed by atoms with Crippen molar-refractivity contribution in [2.75, 3.05) is 23.4 Å². The number of para-hydroxylation sites is 3. The summed E-state index contributed by atoms with van der Waals surface area (Å²) in [4.78, 5) is 44.8. The number of esters is 1. The van der Waals surface area contributed by atoms with E-state index in [1.54, 1.807) is 24.3 Å². The first kappa shape index (κ1) is 23.0. The maximum atomic E-state index is 13.5. The third-order valence-electron chi connectivity index (χ3n) is 7.09. The zero-order valence-corrected chi connectivity index (χ0v) is 20.3. The number of aromatic nitrogens is 1. The lowest BCUT2D eigenvalue weighted by Gasteiger charge is -2.35. The molecule has 2 aliphatic rings. The first-order chi connectivity index (χ1) is 16.7. The third kappa shape index (κ3) is 4.38. The molecule has 0 fully saturated rings. The van der Waals surface area contributed by atoms with Gasteiger partial charge in [0.25, 0.3) is 5.91 Å². The van der Waals surface area contributed by atoms with Crippen molar-refractivity contribution in [2.45, 2.75) is 40.0 Å². The van der Waals surface area contributed by atoms with E-state index in [1.165, 1.54) is 4.90 Å². The van der Waals surface area contributed by atoms with Gasteiger partial charge in [0.2, 0.25) is 5.91 Å². The number of anilines is 2. The van der Waals surface area contributed by atoms with Crippen molar-refractivity contribution < 1.29 is 19.1 Å². The van der Waals surface area contributed by atoms with Gasteiger partial charge < -0.3 is 10.1 Å². The number of nitrogens with zero attached hydrogens (tertiary/aromatic N) is 2. The van der Waals surface area contributed by atoms with Crippen LogP contribution in [0.2, 0.25) is 0 Å². The van der Waals surface area contributed by atoms with Gasteiger partial charge in [-0.1, -0.05) is 51.1 Å². The number of amides is 2. The molecule has 1 atom stereocenters. The minimum absolute atomic E-state index is 0.0999. The summed E-state index contributed by atoms with van der Waals surface area (Å²) in [5.41, 5.74) is 4.37. The zero-order valence-electron chi connectivity index (χ0n) is 20.3. The van der Waals surface area contributed by atoms with Crippen LogP contribution < -0.4 is 10.2 Å². The van der Waals surface area contributed by atoms with E-state index in [2.05, 4.69) is 26.1 Å². The number of fused-ring (bicyclic) bond motifs is 3. The van der Waals surface area contributed by atoms with E-state index in [1.807, 2.05) is 24.3 Å². The molecule has 0 saturated carbocycles. The van der Waals surface area contributed by atoms with Gasteiger partial charge in [-0.15, -0.1) is 0 Å². The molecule has 0 saturated heterocycles. The molecule has 3 aromatic rings. The fourth-order valence-corrected chi connectivity index (χ4v) is 5.09. The standard InChI is InChI=1S/C28H29N3O4/c1-28(2,3)17-12-13-21-19(14-17)26(18-8-4-5-9-20(18)29-21)27(34)35-16-25(33)31-15-24(32)30-22-10-6-7-11-23(22)31/h4-11,17H,12-16H2,1-3H3,(H,30,32). The maximum absolute atomic E-state index is 13.5. The molecule has 5 rings (SSSR count). The summed E-state index contributed by atoms with van der Waals surface area (Å²) < 4.78 is 5.60. The second kappa shape index (κ2) is 8.80. The van der Waals surface area contributed by atoms with Gasteiger partial charge in [0.15, 0.2) is 6.61 Å². The van der Waals surface area contributed by atoms with Crippen molar-refractivity contribution in [3.8, 4) is 0 Å². The molecule has 180 valence electrons. The van der Waals surface area contributed by atoms with Crippen LogP contribution in [-0.4, -0.2) is 35.9 Å². The van der Waals surface area contributed by atoms with Crippen LogP contribution in [0.3, 0.4) is 0 Å². The van der Waals surface area contributed by atoms with Crippen LogP contribution in [0, 0.1) is 11.3 Å². The quantitative estimate of drug-likeness (QED) is 0.567. The number of nitrogens with one attached hydrogen (secondary N) is 1. The predicted octanol–water partition coefficient (Wildman–Crippen LogP) is 4.53. The summed E-state index contributed by atoms with van der Waals surface area (Å²) in [6, 6.07) is 14.6. The van der Waals surface area contributed by atoms with E-state index in [9.17, 15) is 14.4 Å². The maximum Gasteiger partial charge on any atom is 0.339 e. The monoisotopic (exact) mass is 471 g/mol. The Labute approximate surface area is 204 Å². The molecule has 2 heterocycles. The van der Waals surface area contributed by atoms with Crippen molar-refractivity contribution in [1.82, 2.24) is 4.98 Å². The van der Waals surface area contributed by atoms with Crippen LogP contribution in [0.5, 0.6) is 0 Å². The number of hydrogen-bond donors (Lipinski definition) is 1. The highest BCUT2D eigenvalue weighted by atomic mass is 16.5. The van der Waals surface area contributed by atoms with E-state index >= 15 is 0 Å². The van der Waals surface area contributed by atoms with Gasteiger partial charge in [-0.3, -0.25) is 19.5 Å². The molecule has 0 bridgehead atoms. The van der Waals surface area contributed by atoms with Crippen molar-refractivity contribution in [2.24, 2.45) is 11.3 Å². The average molecular weight is 472 g/mol. The fraction of sp³-hybridized carbons (Fsp3) is 0.357. The highest BCUT2D eigenvalue weighted by Gasteiger charge is 2.34. The lowest BCUT2D eigenvalue weighted by atomic mass is 9.70. The number of carbonyl (C=O) groups is 3. The molecule has 1 aliphatic carbocycles. The van der Waals surface area contributed by atoms with Crippen LogP contribution in [0.25, 0.3) is 10.9 Å². The number of benzene rings is 2. The molecule has 1 unspecified atom stereocenters. The molecule has 35 heavy (non-hydrogen) atoms. The van der Waals surface area contributed by atoms with Crippen LogP contribution in [0.4, 0.5) is 11.4 Å². The van der Waals surface area contributed by atoms with Crippen molar-refractivity contribution in [1.29, 1.82) is 0 Å². The van der Waals surface area contributed by atoms with Gasteiger partial charge in [0.05, 0.1) is 22.5 Å². The number of ether oxygens (including phenoxy) is 1. The van der Waals surface area contributed by atoms with E-state index in [0.29, 0.717) is 22.9 Å². The van der Waals surface area contributed by atoms with E-state index < -0.39 is 18.5 Å². The summed E-state index contributed by atoms with van der Waals surface area (Å²) in [6.45, 7) is 6.10. The number of aryl methyl sites for hydroxylation is 1. The lowest BCUT2D eigenvalue weighted by Crippen LogP contribution is -2.44. The first-order valence-electron chi connectivity index (χ1n) is 12.0. The molecule has 2 amide bonds. The predicted molar refractivity (Wildman–Crippen MR) is 134 cm³/mol. The molecular formula is C28H29N3O4. The molecule has 1 N–H and O–H groups in total. The average Bonchev–Trinajstić information content (AvgIpc) is 2.84. The van der Waals surface area contributed by atoms with Gasteiger partial charge in [0, 0.05) is 11.1 Å². The van der Waals surface area contributed by atoms with Crippen LogP contribution in [0.1, 0.15) is 48.8 Å². The summed E-state index contributed by atoms with van der Waals surface area (Å²) in [5.74, 6) is -0.849. The third-order valence-corrected chi connectivity index (χ3v) is 7.09. The Morgan fingerprint density at radius 1 is 1.11 bits per heavy atom. The summed E-state index contributed by atoms with van der Waals surface area (Å²) >= 11 is 0. The number of pyridine rings is 1. The number of carbonyl (C=O) groups excluding carboxylic acids is 3. The van der Waals surface area contributed by atoms with Gasteiger partial charge in [-0.25, -0.2) is 4.79 Å². The second-order valence-electron chi connectivity index (χ2n) is 10.4. The zero-order chi connectivity index (χ0) is 24.7. The normalized spacial score (nSPS) is 17.4. The van der Waals surface area contributed by atoms with Gasteiger partial charge in [-0.2, -0.15) is 0 Å². The molecule has 7 nitrogen and oxygen atoms in total. The smallest absolute Gasteiger partial charge is 0.339 e. The topological polar surface area (TPSA) is 88.6 Å². The van der Waals surface area contributed by atoms with Gasteiger partial charge >= 0.3 is 5.97 Å². The Morgan fingerprint density at radius 3 is 2.66 bits per heavy atom. The molecule has 0 spiro atoms. The molecule has 1 aromatic heterocycles. The van der Waals surface area contributed by atoms with E-state index in [0.717, 1.165) is 41.4 Å². The highest BCUT2D eigenvalue weighted by molar-refractivity contribution is 6.11. The number of rotatable bonds is 3. The SMILES string of the molecule is CC(C)(C)C1CCc2nc3ccccc3c(C(=O)OCC(=O)N3CC(=O)Nc4ccccc43)c2C1. The minimum Gasteiger partial charge on any atom is -0.452 e. The molecule has 0 radical (unpaired) electrons. The Balaban J connectivity index is 1.44. The minimum atomic E-state index is -0.530. The van der Waals surface area contributed by atoms with Crippen molar-refractivity contribution >= 4 is 40.1 Å². The van der Waals surface area contributed by atoms with E-state index in [-0.39, 0.29) is 17.9 Å². The Morgan fingerprint density at radius 2 is 1.86 bits per heavy atom. The molecule has 2 aromatic carbocycles. The molecule has 1 aliphatic heterocycles. The fourth-order valence-electron chi connectivity index (χ4n) is 5.09. The Kier molecular flexibility index (Phi) is 5.79. The highest BCUT2D eigenvalue weighted by Crippen LogP contribution is 2.39. The van der Waals surface area contributed by atoms with Crippen molar-refractivity contribution in [3.63, 3.8) is 0 Å².